The van der Waals surface area contributed by atoms with Crippen molar-refractivity contribution < 1.29 is 18.0 Å². The van der Waals surface area contributed by atoms with Crippen LogP contribution in [0.15, 0.2) is 42.5 Å². The Bertz CT molecular complexity index is 1150. The van der Waals surface area contributed by atoms with Crippen LogP contribution in [0.4, 0.5) is 5.69 Å². The number of halogens is 2. The van der Waals surface area contributed by atoms with Gasteiger partial charge in [-0.3, -0.25) is 13.9 Å². The Morgan fingerprint density at radius 2 is 1.65 bits per heavy atom. The van der Waals surface area contributed by atoms with Crippen molar-refractivity contribution in [2.24, 2.45) is 0 Å². The van der Waals surface area contributed by atoms with Gasteiger partial charge < -0.3 is 10.2 Å². The van der Waals surface area contributed by atoms with E-state index < -0.39 is 34.1 Å². The van der Waals surface area contributed by atoms with Crippen molar-refractivity contribution in [1.82, 2.24) is 10.2 Å². The van der Waals surface area contributed by atoms with Gasteiger partial charge in [0.25, 0.3) is 0 Å². The van der Waals surface area contributed by atoms with Crippen molar-refractivity contribution >= 4 is 50.7 Å². The van der Waals surface area contributed by atoms with Crippen LogP contribution in [-0.4, -0.2) is 49.5 Å². The summed E-state index contributed by atoms with van der Waals surface area (Å²) in [5, 5.41) is 3.31. The summed E-state index contributed by atoms with van der Waals surface area (Å²) >= 11 is 12.2. The van der Waals surface area contributed by atoms with E-state index in [2.05, 4.69) is 5.32 Å². The van der Waals surface area contributed by atoms with Crippen LogP contribution in [0.2, 0.25) is 10.0 Å². The van der Waals surface area contributed by atoms with Crippen molar-refractivity contribution in [1.29, 1.82) is 0 Å². The van der Waals surface area contributed by atoms with Gasteiger partial charge in [-0.15, -0.1) is 0 Å². The Balaban J connectivity index is 2.43. The number of nitrogens with zero attached hydrogens (tertiary/aromatic N) is 2. The van der Waals surface area contributed by atoms with Crippen molar-refractivity contribution in [2.75, 3.05) is 17.1 Å². The third kappa shape index (κ3) is 7.89. The lowest BCUT2D eigenvalue weighted by molar-refractivity contribution is -0.140. The van der Waals surface area contributed by atoms with Crippen LogP contribution in [0.3, 0.4) is 0 Å². The SMILES string of the molecule is Cc1ccc(CN(C(=O)CN(c2ccc(Cl)cc2Cl)S(C)(=O)=O)[C@@H](C)C(=O)NC(C)(C)C)cc1. The maximum Gasteiger partial charge on any atom is 0.244 e. The number of amides is 2. The minimum atomic E-state index is -3.88. The molecule has 34 heavy (non-hydrogen) atoms. The standard InChI is InChI=1S/C24H31Cl2N3O4S/c1-16-7-9-18(10-8-16)14-28(17(2)23(31)27-24(3,4)5)22(30)15-29(34(6,32)33)21-12-11-19(25)13-20(21)26/h7-13,17H,14-15H2,1-6H3,(H,27,31)/t17-/m0/s1. The molecular formula is C24H31Cl2N3O4S. The molecule has 0 heterocycles. The van der Waals surface area contributed by atoms with Crippen molar-refractivity contribution in [3.05, 3.63) is 63.6 Å². The smallest absolute Gasteiger partial charge is 0.244 e. The molecule has 0 bridgehead atoms. The fraction of sp³-hybridized carbons (Fsp3) is 0.417. The highest BCUT2D eigenvalue weighted by molar-refractivity contribution is 7.92. The average Bonchev–Trinajstić information content (AvgIpc) is 2.69. The topological polar surface area (TPSA) is 86.8 Å². The molecule has 7 nitrogen and oxygen atoms in total. The van der Waals surface area contributed by atoms with Gasteiger partial charge in [-0.25, -0.2) is 8.42 Å². The summed E-state index contributed by atoms with van der Waals surface area (Å²) in [6.45, 7) is 8.70. The van der Waals surface area contributed by atoms with Crippen LogP contribution in [0.5, 0.6) is 0 Å². The number of carbonyl (C=O) groups is 2. The van der Waals surface area contributed by atoms with E-state index in [1.165, 1.54) is 23.1 Å². The number of carbonyl (C=O) groups excluding carboxylic acids is 2. The number of benzene rings is 2. The zero-order valence-corrected chi connectivity index (χ0v) is 22.6. The highest BCUT2D eigenvalue weighted by Gasteiger charge is 2.32. The highest BCUT2D eigenvalue weighted by atomic mass is 35.5. The zero-order chi connectivity index (χ0) is 25.8. The lowest BCUT2D eigenvalue weighted by Crippen LogP contribution is -2.54. The van der Waals surface area contributed by atoms with E-state index in [1.807, 2.05) is 52.0 Å². The summed E-state index contributed by atoms with van der Waals surface area (Å²) in [6.07, 6.45) is 0.991. The Labute approximate surface area is 212 Å². The fourth-order valence-corrected chi connectivity index (χ4v) is 4.65. The molecule has 1 atom stereocenters. The van der Waals surface area contributed by atoms with Crippen LogP contribution >= 0.6 is 23.2 Å². The Morgan fingerprint density at radius 1 is 1.06 bits per heavy atom. The molecule has 2 rings (SSSR count). The van der Waals surface area contributed by atoms with Crippen LogP contribution in [0.25, 0.3) is 0 Å². The highest BCUT2D eigenvalue weighted by Crippen LogP contribution is 2.30. The van der Waals surface area contributed by atoms with Gasteiger partial charge in [0, 0.05) is 17.1 Å². The Kier molecular flexibility index (Phi) is 9.02. The molecule has 0 saturated carbocycles. The van der Waals surface area contributed by atoms with E-state index in [1.54, 1.807) is 6.92 Å². The van der Waals surface area contributed by atoms with Gasteiger partial charge in [-0.1, -0.05) is 53.0 Å². The van der Waals surface area contributed by atoms with E-state index in [9.17, 15) is 18.0 Å². The van der Waals surface area contributed by atoms with E-state index >= 15 is 0 Å². The molecule has 0 radical (unpaired) electrons. The number of anilines is 1. The molecule has 0 aromatic heterocycles. The summed E-state index contributed by atoms with van der Waals surface area (Å²) in [6, 6.07) is 11.1. The maximum absolute atomic E-state index is 13.5. The first-order valence-electron chi connectivity index (χ1n) is 10.7. The number of sulfonamides is 1. The van der Waals surface area contributed by atoms with Gasteiger partial charge in [0.1, 0.15) is 12.6 Å². The third-order valence-electron chi connectivity index (χ3n) is 5.00. The zero-order valence-electron chi connectivity index (χ0n) is 20.2. The lowest BCUT2D eigenvalue weighted by Gasteiger charge is -2.33. The first-order chi connectivity index (χ1) is 15.6. The second-order valence-corrected chi connectivity index (χ2v) is 12.0. The summed E-state index contributed by atoms with van der Waals surface area (Å²) in [5.41, 5.74) is 1.49. The summed E-state index contributed by atoms with van der Waals surface area (Å²) < 4.78 is 26.1. The van der Waals surface area contributed by atoms with Crippen molar-refractivity contribution in [2.45, 2.75) is 52.7 Å². The number of hydrogen-bond donors (Lipinski definition) is 1. The summed E-state index contributed by atoms with van der Waals surface area (Å²) in [7, 11) is -3.88. The van der Waals surface area contributed by atoms with Gasteiger partial charge in [-0.05, 0) is 58.4 Å². The number of rotatable bonds is 8. The van der Waals surface area contributed by atoms with Crippen LogP contribution in [0.1, 0.15) is 38.8 Å². The molecule has 0 aliphatic heterocycles. The van der Waals surface area contributed by atoms with Gasteiger partial charge in [0.15, 0.2) is 0 Å². The summed E-state index contributed by atoms with van der Waals surface area (Å²) in [4.78, 5) is 27.8. The average molecular weight is 529 g/mol. The normalized spacial score (nSPS) is 12.7. The van der Waals surface area contributed by atoms with Crippen molar-refractivity contribution in [3.63, 3.8) is 0 Å². The maximum atomic E-state index is 13.5. The number of aryl methyl sites for hydroxylation is 1. The molecule has 0 fully saturated rings. The Hall–Kier alpha value is -2.29. The molecule has 1 N–H and O–H groups in total. The van der Waals surface area contributed by atoms with Gasteiger partial charge in [0.2, 0.25) is 21.8 Å². The molecule has 0 unspecified atom stereocenters. The molecular weight excluding hydrogens is 497 g/mol. The van der Waals surface area contributed by atoms with Crippen LogP contribution < -0.4 is 9.62 Å². The molecule has 10 heteroatoms. The lowest BCUT2D eigenvalue weighted by atomic mass is 10.1. The number of hydrogen-bond acceptors (Lipinski definition) is 4. The minimum Gasteiger partial charge on any atom is -0.350 e. The predicted molar refractivity (Wildman–Crippen MR) is 138 cm³/mol. The molecule has 2 aromatic rings. The second kappa shape index (κ2) is 11.0. The fourth-order valence-electron chi connectivity index (χ4n) is 3.23. The van der Waals surface area contributed by atoms with Crippen LogP contribution in [-0.2, 0) is 26.2 Å². The quantitative estimate of drug-likeness (QED) is 0.551. The molecule has 0 spiro atoms. The second-order valence-electron chi connectivity index (χ2n) is 9.29. The number of nitrogens with one attached hydrogen (secondary N) is 1. The molecule has 0 aliphatic carbocycles. The molecule has 2 aromatic carbocycles. The van der Waals surface area contributed by atoms with Crippen LogP contribution in [0, 0.1) is 6.92 Å². The van der Waals surface area contributed by atoms with E-state index in [-0.39, 0.29) is 23.2 Å². The summed E-state index contributed by atoms with van der Waals surface area (Å²) in [5.74, 6) is -0.892. The first kappa shape index (κ1) is 28.0. The monoisotopic (exact) mass is 527 g/mol. The molecule has 186 valence electrons. The Morgan fingerprint density at radius 3 is 2.15 bits per heavy atom. The molecule has 0 saturated heterocycles. The van der Waals surface area contributed by atoms with E-state index in [0.717, 1.165) is 21.7 Å². The largest absolute Gasteiger partial charge is 0.350 e. The van der Waals surface area contributed by atoms with Gasteiger partial charge >= 0.3 is 0 Å². The third-order valence-corrected chi connectivity index (χ3v) is 6.66. The van der Waals surface area contributed by atoms with Gasteiger partial charge in [-0.2, -0.15) is 0 Å². The first-order valence-corrected chi connectivity index (χ1v) is 13.3. The molecule has 2 amide bonds. The van der Waals surface area contributed by atoms with E-state index in [4.69, 9.17) is 23.2 Å². The van der Waals surface area contributed by atoms with E-state index in [0.29, 0.717) is 5.02 Å². The molecule has 0 aliphatic rings. The minimum absolute atomic E-state index is 0.0920. The predicted octanol–water partition coefficient (Wildman–Crippen LogP) is 4.40. The van der Waals surface area contributed by atoms with Crippen molar-refractivity contribution in [3.8, 4) is 0 Å². The van der Waals surface area contributed by atoms with Gasteiger partial charge in [0.05, 0.1) is 17.0 Å².